The molecule has 0 unspecified atom stereocenters. The second-order valence-electron chi connectivity index (χ2n) is 11.7. The van der Waals surface area contributed by atoms with Crippen LogP contribution in [0, 0.1) is 0 Å². The average molecular weight is 693 g/mol. The van der Waals surface area contributed by atoms with Gasteiger partial charge in [-0.3, -0.25) is 9.59 Å². The number of hydrogen-bond acceptors (Lipinski definition) is 6. The Morgan fingerprint density at radius 2 is 0.673 bits per heavy atom. The molecule has 6 aromatic rings. The van der Waals surface area contributed by atoms with Crippen LogP contribution in [0.15, 0.2) is 158 Å². The summed E-state index contributed by atoms with van der Waals surface area (Å²) in [6.07, 6.45) is 0. The lowest BCUT2D eigenvalue weighted by molar-refractivity contribution is 0.0937. The molecule has 8 nitrogen and oxygen atoms in total. The van der Waals surface area contributed by atoms with Crippen LogP contribution in [0.3, 0.4) is 0 Å². The predicted molar refractivity (Wildman–Crippen MR) is 202 cm³/mol. The van der Waals surface area contributed by atoms with Gasteiger partial charge in [-0.05, 0) is 47.5 Å². The van der Waals surface area contributed by atoms with E-state index in [1.54, 1.807) is 24.3 Å². The normalized spacial score (nSPS) is 10.5. The second kappa shape index (κ2) is 18.5. The molecule has 2 amide bonds. The lowest BCUT2D eigenvalue weighted by Crippen LogP contribution is -2.23. The lowest BCUT2D eigenvalue weighted by atomic mass is 10.0. The number of para-hydroxylation sites is 4. The molecule has 6 aromatic carbocycles. The van der Waals surface area contributed by atoms with Crippen molar-refractivity contribution in [3.63, 3.8) is 0 Å². The Bertz CT molecular complexity index is 1900. The highest BCUT2D eigenvalue weighted by Crippen LogP contribution is 2.36. The first-order valence-electron chi connectivity index (χ1n) is 17.2. The monoisotopic (exact) mass is 692 g/mol. The Kier molecular flexibility index (Phi) is 12.5. The Labute approximate surface area is 304 Å². The number of ether oxygens (including phenoxy) is 4. The third-order valence-electron chi connectivity index (χ3n) is 8.12. The number of rotatable bonds is 17. The van der Waals surface area contributed by atoms with Crippen LogP contribution in [0.1, 0.15) is 31.8 Å². The number of benzene rings is 6. The third-order valence-corrected chi connectivity index (χ3v) is 8.12. The van der Waals surface area contributed by atoms with Crippen LogP contribution in [-0.2, 0) is 13.1 Å². The quantitative estimate of drug-likeness (QED) is 0.0938. The Morgan fingerprint density at radius 3 is 1.08 bits per heavy atom. The highest BCUT2D eigenvalue weighted by molar-refractivity contribution is 5.97. The molecule has 0 aliphatic rings. The number of hydrogen-bond donors (Lipinski definition) is 2. The van der Waals surface area contributed by atoms with Crippen molar-refractivity contribution in [1.29, 1.82) is 0 Å². The molecule has 0 bridgehead atoms. The van der Waals surface area contributed by atoms with E-state index >= 15 is 0 Å². The minimum atomic E-state index is -0.207. The summed E-state index contributed by atoms with van der Waals surface area (Å²) in [6, 6.07) is 49.4. The molecule has 0 saturated heterocycles. The smallest absolute Gasteiger partial charge is 0.255 e. The standard InChI is InChI=1S/C44H40N2O6/c47-43(45-31-33-15-3-1-4-16-33)37-21-9-13-25-41(37)51-29-27-49-39-23-11-7-19-35(39)36-20-8-12-24-40(36)50-28-30-52-42-26-14-10-22-38(42)44(48)46-32-34-17-5-2-6-18-34/h1-26H,27-32H2,(H,45,47)(H,46,48). The van der Waals surface area contributed by atoms with Crippen molar-refractivity contribution in [2.75, 3.05) is 26.4 Å². The summed E-state index contributed by atoms with van der Waals surface area (Å²) in [4.78, 5) is 25.9. The first-order chi connectivity index (χ1) is 25.7. The molecule has 0 spiro atoms. The van der Waals surface area contributed by atoms with Crippen molar-refractivity contribution in [3.8, 4) is 34.1 Å². The van der Waals surface area contributed by atoms with Crippen molar-refractivity contribution < 1.29 is 28.5 Å². The van der Waals surface area contributed by atoms with E-state index < -0.39 is 0 Å². The number of carbonyl (C=O) groups excluding carboxylic acids is 2. The van der Waals surface area contributed by atoms with Crippen LogP contribution in [0.25, 0.3) is 11.1 Å². The van der Waals surface area contributed by atoms with E-state index in [1.807, 2.05) is 133 Å². The highest BCUT2D eigenvalue weighted by Gasteiger charge is 2.15. The van der Waals surface area contributed by atoms with Gasteiger partial charge in [0.25, 0.3) is 11.8 Å². The minimum absolute atomic E-state index is 0.207. The molecule has 52 heavy (non-hydrogen) atoms. The number of nitrogens with one attached hydrogen (secondary N) is 2. The van der Waals surface area contributed by atoms with Gasteiger partial charge in [-0.25, -0.2) is 0 Å². The molecule has 0 aliphatic heterocycles. The van der Waals surface area contributed by atoms with Crippen molar-refractivity contribution >= 4 is 11.8 Å². The molecule has 0 fully saturated rings. The van der Waals surface area contributed by atoms with Crippen LogP contribution in [0.4, 0.5) is 0 Å². The van der Waals surface area contributed by atoms with Crippen LogP contribution in [-0.4, -0.2) is 38.2 Å². The first-order valence-corrected chi connectivity index (χ1v) is 17.2. The zero-order chi connectivity index (χ0) is 35.8. The van der Waals surface area contributed by atoms with E-state index in [9.17, 15) is 9.59 Å². The van der Waals surface area contributed by atoms with Crippen molar-refractivity contribution in [1.82, 2.24) is 10.6 Å². The maximum Gasteiger partial charge on any atom is 0.255 e. The lowest BCUT2D eigenvalue weighted by Gasteiger charge is -2.17. The van der Waals surface area contributed by atoms with Gasteiger partial charge in [0.05, 0.1) is 11.1 Å². The van der Waals surface area contributed by atoms with Crippen LogP contribution in [0.5, 0.6) is 23.0 Å². The van der Waals surface area contributed by atoms with E-state index in [2.05, 4.69) is 10.6 Å². The summed E-state index contributed by atoms with van der Waals surface area (Å²) in [5.41, 5.74) is 4.68. The summed E-state index contributed by atoms with van der Waals surface area (Å²) in [5, 5.41) is 5.92. The fourth-order valence-corrected chi connectivity index (χ4v) is 5.54. The van der Waals surface area contributed by atoms with Gasteiger partial charge < -0.3 is 29.6 Å². The predicted octanol–water partition coefficient (Wildman–Crippen LogP) is 8.13. The molecular weight excluding hydrogens is 652 g/mol. The van der Waals surface area contributed by atoms with Gasteiger partial charge in [0, 0.05) is 24.2 Å². The van der Waals surface area contributed by atoms with E-state index in [4.69, 9.17) is 18.9 Å². The zero-order valence-electron chi connectivity index (χ0n) is 28.7. The van der Waals surface area contributed by atoms with Crippen LogP contribution in [0.2, 0.25) is 0 Å². The summed E-state index contributed by atoms with van der Waals surface area (Å²) < 4.78 is 24.4. The molecule has 0 aliphatic carbocycles. The summed E-state index contributed by atoms with van der Waals surface area (Å²) >= 11 is 0. The molecule has 0 radical (unpaired) electrons. The molecule has 262 valence electrons. The molecule has 2 N–H and O–H groups in total. The van der Waals surface area contributed by atoms with E-state index in [1.165, 1.54) is 0 Å². The van der Waals surface area contributed by atoms with E-state index in [0.717, 1.165) is 22.3 Å². The van der Waals surface area contributed by atoms with Crippen molar-refractivity contribution in [2.24, 2.45) is 0 Å². The summed E-state index contributed by atoms with van der Waals surface area (Å²) in [5.74, 6) is 1.90. The molecule has 0 atom stereocenters. The zero-order valence-corrected chi connectivity index (χ0v) is 28.7. The molecular formula is C44H40N2O6. The van der Waals surface area contributed by atoms with Crippen LogP contribution >= 0.6 is 0 Å². The maximum atomic E-state index is 12.9. The topological polar surface area (TPSA) is 95.1 Å². The van der Waals surface area contributed by atoms with Gasteiger partial charge in [-0.2, -0.15) is 0 Å². The van der Waals surface area contributed by atoms with Gasteiger partial charge in [-0.15, -0.1) is 0 Å². The van der Waals surface area contributed by atoms with E-state index in [0.29, 0.717) is 47.2 Å². The largest absolute Gasteiger partial charge is 0.489 e. The number of carbonyl (C=O) groups is 2. The summed E-state index contributed by atoms with van der Waals surface area (Å²) in [7, 11) is 0. The Morgan fingerprint density at radius 1 is 0.365 bits per heavy atom. The molecule has 8 heteroatoms. The number of amides is 2. The van der Waals surface area contributed by atoms with E-state index in [-0.39, 0.29) is 38.2 Å². The first kappa shape index (κ1) is 35.3. The summed E-state index contributed by atoms with van der Waals surface area (Å²) in [6.45, 7) is 1.83. The van der Waals surface area contributed by atoms with Crippen LogP contribution < -0.4 is 29.6 Å². The molecule has 0 aromatic heterocycles. The fourth-order valence-electron chi connectivity index (χ4n) is 5.54. The molecule has 0 heterocycles. The fraction of sp³-hybridized carbons (Fsp3) is 0.136. The Hall–Kier alpha value is -6.54. The van der Waals surface area contributed by atoms with Gasteiger partial charge in [-0.1, -0.05) is 121 Å². The highest BCUT2D eigenvalue weighted by atomic mass is 16.5. The second-order valence-corrected chi connectivity index (χ2v) is 11.7. The van der Waals surface area contributed by atoms with Gasteiger partial charge >= 0.3 is 0 Å². The SMILES string of the molecule is O=C(NCc1ccccc1)c1ccccc1OCCOc1ccccc1-c1ccccc1OCCOc1ccccc1C(=O)NCc1ccccc1. The van der Waals surface area contributed by atoms with Crippen molar-refractivity contribution in [3.05, 3.63) is 180 Å². The van der Waals surface area contributed by atoms with Gasteiger partial charge in [0.2, 0.25) is 0 Å². The van der Waals surface area contributed by atoms with Gasteiger partial charge in [0.1, 0.15) is 49.4 Å². The third kappa shape index (κ3) is 9.79. The minimum Gasteiger partial charge on any atom is -0.489 e. The average Bonchev–Trinajstić information content (AvgIpc) is 3.20. The molecule has 6 rings (SSSR count). The Balaban J connectivity index is 1.02. The van der Waals surface area contributed by atoms with Gasteiger partial charge in [0.15, 0.2) is 0 Å². The molecule has 0 saturated carbocycles. The maximum absolute atomic E-state index is 12.9. The van der Waals surface area contributed by atoms with Crippen molar-refractivity contribution in [2.45, 2.75) is 13.1 Å².